The van der Waals surface area contributed by atoms with Crippen molar-refractivity contribution in [1.82, 2.24) is 0 Å². The number of nitrogens with one attached hydrogen (secondary N) is 1. The molecule has 1 spiro atoms. The summed E-state index contributed by atoms with van der Waals surface area (Å²) in [4.78, 5) is 28.3. The number of amides is 2. The summed E-state index contributed by atoms with van der Waals surface area (Å²) in [6.07, 6.45) is -4.70. The molecule has 1 N–H and O–H groups in total. The molecule has 0 fully saturated rings. The van der Waals surface area contributed by atoms with Crippen molar-refractivity contribution in [2.24, 2.45) is 0 Å². The van der Waals surface area contributed by atoms with Crippen molar-refractivity contribution < 1.29 is 37.0 Å². The normalized spacial score (nSPS) is 19.7. The predicted molar refractivity (Wildman–Crippen MR) is 123 cm³/mol. The van der Waals surface area contributed by atoms with Crippen molar-refractivity contribution in [3.8, 4) is 17.2 Å². The van der Waals surface area contributed by atoms with E-state index in [0.717, 1.165) is 12.1 Å². The van der Waals surface area contributed by atoms with E-state index >= 15 is 0 Å². The van der Waals surface area contributed by atoms with Crippen molar-refractivity contribution in [1.29, 1.82) is 0 Å². The number of carbonyl (C=O) groups is 2. The molecule has 3 heterocycles. The van der Waals surface area contributed by atoms with Crippen LogP contribution in [0.3, 0.4) is 0 Å². The number of hydrogen-bond acceptors (Lipinski definition) is 5. The van der Waals surface area contributed by atoms with Gasteiger partial charge in [0.2, 0.25) is 5.91 Å². The second-order valence-corrected chi connectivity index (χ2v) is 8.75. The Kier molecular flexibility index (Phi) is 4.73. The summed E-state index contributed by atoms with van der Waals surface area (Å²) < 4.78 is 57.9. The Morgan fingerprint density at radius 1 is 0.972 bits per heavy atom. The Bertz CT molecular complexity index is 1440. The molecule has 6 rings (SSSR count). The number of ether oxygens (including phenoxy) is 3. The lowest BCUT2D eigenvalue weighted by atomic mass is 9.76. The fourth-order valence-electron chi connectivity index (χ4n) is 5.16. The minimum Gasteiger partial charge on any atom is -0.491 e. The molecule has 0 radical (unpaired) electrons. The molecule has 2 amide bonds. The first-order chi connectivity index (χ1) is 17.2. The molecule has 10 heteroatoms. The van der Waals surface area contributed by atoms with Crippen molar-refractivity contribution in [2.45, 2.75) is 11.6 Å². The predicted octanol–water partition coefficient (Wildman–Crippen LogP) is 4.38. The molecule has 7 nitrogen and oxygen atoms in total. The number of alkyl halides is 3. The standard InChI is InChI=1S/C26H19F3N2O5/c1-31-18-8-4-7-17(30-23(32)14-5-2-3-6-15(14)26(27,28)29)22(18)25(24(31)33)13-36-19-12-21-20(11-16(19)25)34-9-10-35-21/h2-8,11-12H,9-10,13H2,1H3,(H,30,32). The molecule has 184 valence electrons. The maximum absolute atomic E-state index is 13.7. The Morgan fingerprint density at radius 2 is 1.69 bits per heavy atom. The van der Waals surface area contributed by atoms with Gasteiger partial charge in [-0.05, 0) is 30.3 Å². The van der Waals surface area contributed by atoms with Gasteiger partial charge in [-0.25, -0.2) is 0 Å². The molecule has 0 saturated carbocycles. The van der Waals surface area contributed by atoms with Gasteiger partial charge >= 0.3 is 6.18 Å². The van der Waals surface area contributed by atoms with Crippen LogP contribution in [-0.4, -0.2) is 38.7 Å². The summed E-state index contributed by atoms with van der Waals surface area (Å²) in [5, 5.41) is 2.63. The van der Waals surface area contributed by atoms with Crippen LogP contribution in [0.25, 0.3) is 0 Å². The van der Waals surface area contributed by atoms with Gasteiger partial charge in [0.05, 0.1) is 16.8 Å². The lowest BCUT2D eigenvalue weighted by molar-refractivity contribution is -0.137. The second-order valence-electron chi connectivity index (χ2n) is 8.75. The molecule has 3 aliphatic heterocycles. The van der Waals surface area contributed by atoms with Crippen LogP contribution < -0.4 is 24.4 Å². The third-order valence-electron chi connectivity index (χ3n) is 6.77. The van der Waals surface area contributed by atoms with Crippen LogP contribution in [0.4, 0.5) is 24.5 Å². The van der Waals surface area contributed by atoms with E-state index < -0.39 is 28.6 Å². The quantitative estimate of drug-likeness (QED) is 0.570. The number of rotatable bonds is 2. The van der Waals surface area contributed by atoms with E-state index in [4.69, 9.17) is 14.2 Å². The number of likely N-dealkylation sites (N-methyl/N-ethyl adjacent to an activating group) is 1. The van der Waals surface area contributed by atoms with E-state index in [9.17, 15) is 22.8 Å². The summed E-state index contributed by atoms with van der Waals surface area (Å²) in [5.74, 6) is 0.188. The zero-order chi connectivity index (χ0) is 25.2. The minimum absolute atomic E-state index is 0.0482. The number of hydrogen-bond donors (Lipinski definition) is 1. The monoisotopic (exact) mass is 496 g/mol. The molecular weight excluding hydrogens is 477 g/mol. The van der Waals surface area contributed by atoms with Gasteiger partial charge in [0, 0.05) is 29.9 Å². The molecule has 0 aromatic heterocycles. The van der Waals surface area contributed by atoms with E-state index in [1.807, 2.05) is 0 Å². The van der Waals surface area contributed by atoms with Crippen LogP contribution >= 0.6 is 0 Å². The Balaban J connectivity index is 1.48. The topological polar surface area (TPSA) is 77.1 Å². The van der Waals surface area contributed by atoms with Crippen LogP contribution in [0.5, 0.6) is 17.2 Å². The van der Waals surface area contributed by atoms with E-state index in [0.29, 0.717) is 47.3 Å². The highest BCUT2D eigenvalue weighted by Gasteiger charge is 2.58. The smallest absolute Gasteiger partial charge is 0.417 e. The zero-order valence-corrected chi connectivity index (χ0v) is 18.9. The average molecular weight is 496 g/mol. The first-order valence-electron chi connectivity index (χ1n) is 11.2. The maximum Gasteiger partial charge on any atom is 0.417 e. The number of benzene rings is 3. The largest absolute Gasteiger partial charge is 0.491 e. The lowest BCUT2D eigenvalue weighted by Gasteiger charge is -2.25. The highest BCUT2D eigenvalue weighted by molar-refractivity contribution is 6.15. The molecule has 0 saturated heterocycles. The molecule has 0 bridgehead atoms. The molecule has 3 aliphatic rings. The minimum atomic E-state index is -4.70. The molecule has 1 unspecified atom stereocenters. The highest BCUT2D eigenvalue weighted by atomic mass is 19.4. The number of carbonyl (C=O) groups excluding carboxylic acids is 2. The van der Waals surface area contributed by atoms with Crippen LogP contribution in [0.2, 0.25) is 0 Å². The van der Waals surface area contributed by atoms with Crippen molar-refractivity contribution in [3.05, 3.63) is 76.9 Å². The Labute approximate surface area is 203 Å². The van der Waals surface area contributed by atoms with Gasteiger partial charge in [-0.3, -0.25) is 9.59 Å². The van der Waals surface area contributed by atoms with E-state index in [1.54, 1.807) is 37.4 Å². The number of anilines is 2. The summed E-state index contributed by atoms with van der Waals surface area (Å²) in [7, 11) is 1.61. The van der Waals surface area contributed by atoms with Gasteiger partial charge in [0.15, 0.2) is 11.5 Å². The van der Waals surface area contributed by atoms with Gasteiger partial charge in [-0.15, -0.1) is 0 Å². The third-order valence-corrected chi connectivity index (χ3v) is 6.77. The van der Waals surface area contributed by atoms with E-state index in [1.165, 1.54) is 17.0 Å². The van der Waals surface area contributed by atoms with Crippen molar-refractivity contribution >= 4 is 23.2 Å². The second kappa shape index (κ2) is 7.64. The summed E-state index contributed by atoms with van der Waals surface area (Å²) in [6.45, 7) is 0.689. The van der Waals surface area contributed by atoms with E-state index in [-0.39, 0.29) is 18.2 Å². The molecular formula is C26H19F3N2O5. The van der Waals surface area contributed by atoms with Crippen LogP contribution in [-0.2, 0) is 16.4 Å². The lowest BCUT2D eigenvalue weighted by Crippen LogP contribution is -2.41. The first-order valence-corrected chi connectivity index (χ1v) is 11.2. The van der Waals surface area contributed by atoms with Gasteiger partial charge in [-0.1, -0.05) is 18.2 Å². The third kappa shape index (κ3) is 3.06. The van der Waals surface area contributed by atoms with E-state index in [2.05, 4.69) is 5.32 Å². The maximum atomic E-state index is 13.7. The SMILES string of the molecule is CN1C(=O)C2(COc3cc4c(cc32)OCCO4)c2c(NC(=O)c3ccccc3C(F)(F)F)cccc21. The number of fused-ring (bicyclic) bond motifs is 5. The molecule has 1 atom stereocenters. The first kappa shape index (κ1) is 22.3. The summed E-state index contributed by atoms with van der Waals surface area (Å²) in [6, 6.07) is 12.9. The van der Waals surface area contributed by atoms with Crippen molar-refractivity contribution in [3.63, 3.8) is 0 Å². The Morgan fingerprint density at radius 3 is 2.44 bits per heavy atom. The summed E-state index contributed by atoms with van der Waals surface area (Å²) in [5.41, 5.74) is -1.14. The molecule has 3 aromatic rings. The fraction of sp³-hybridized carbons (Fsp3) is 0.231. The highest BCUT2D eigenvalue weighted by Crippen LogP contribution is 2.56. The Hall–Kier alpha value is -4.21. The number of halogens is 3. The van der Waals surface area contributed by atoms with Crippen LogP contribution in [0, 0.1) is 0 Å². The molecule has 36 heavy (non-hydrogen) atoms. The van der Waals surface area contributed by atoms with Crippen LogP contribution in [0.15, 0.2) is 54.6 Å². The van der Waals surface area contributed by atoms with Gasteiger partial charge in [-0.2, -0.15) is 13.2 Å². The van der Waals surface area contributed by atoms with Crippen LogP contribution in [0.1, 0.15) is 27.0 Å². The van der Waals surface area contributed by atoms with Gasteiger partial charge in [0.25, 0.3) is 5.91 Å². The average Bonchev–Trinajstić information content (AvgIpc) is 3.34. The molecule has 0 aliphatic carbocycles. The zero-order valence-electron chi connectivity index (χ0n) is 18.9. The van der Waals surface area contributed by atoms with Crippen molar-refractivity contribution in [2.75, 3.05) is 37.1 Å². The fourth-order valence-corrected chi connectivity index (χ4v) is 5.16. The molecule has 3 aromatic carbocycles. The van der Waals surface area contributed by atoms with Gasteiger partial charge in [0.1, 0.15) is 31.0 Å². The summed E-state index contributed by atoms with van der Waals surface area (Å²) >= 11 is 0. The number of nitrogens with zero attached hydrogens (tertiary/aromatic N) is 1. The van der Waals surface area contributed by atoms with Gasteiger partial charge < -0.3 is 24.4 Å².